The second-order valence-corrected chi connectivity index (χ2v) is 10.3. The topological polar surface area (TPSA) is 121 Å². The molecule has 2 N–H and O–H groups in total. The lowest BCUT2D eigenvalue weighted by atomic mass is 9.81. The third-order valence-corrected chi connectivity index (χ3v) is 6.96. The molecule has 0 saturated heterocycles. The van der Waals surface area contributed by atoms with Crippen LogP contribution in [0.25, 0.3) is 11.1 Å². The zero-order chi connectivity index (χ0) is 29.3. The van der Waals surface area contributed by atoms with Crippen LogP contribution in [0.15, 0.2) is 54.6 Å². The molecule has 1 aliphatic carbocycles. The van der Waals surface area contributed by atoms with Crippen molar-refractivity contribution in [3.8, 4) is 23.1 Å². The number of alkyl halides is 6. The predicted molar refractivity (Wildman–Crippen MR) is 131 cm³/mol. The summed E-state index contributed by atoms with van der Waals surface area (Å²) in [7, 11) is -6.10. The molecule has 40 heavy (non-hydrogen) atoms. The largest absolute Gasteiger partial charge is 0.534 e. The van der Waals surface area contributed by atoms with Gasteiger partial charge < -0.3 is 14.8 Å². The molecule has 1 saturated carbocycles. The Hall–Kier alpha value is -4.32. The predicted octanol–water partition coefficient (Wildman–Crippen LogP) is 6.78. The normalized spacial score (nSPS) is 14.1. The van der Waals surface area contributed by atoms with E-state index in [0.717, 1.165) is 24.6 Å². The van der Waals surface area contributed by atoms with Crippen molar-refractivity contribution in [2.45, 2.75) is 36.9 Å². The van der Waals surface area contributed by atoms with Gasteiger partial charge >= 0.3 is 27.8 Å². The van der Waals surface area contributed by atoms with Gasteiger partial charge in [0.25, 0.3) is 5.88 Å². The maximum atomic E-state index is 13.0. The lowest BCUT2D eigenvalue weighted by Crippen LogP contribution is -2.29. The molecule has 1 aliphatic rings. The number of halogens is 6. The number of aromatic nitrogens is 1. The highest BCUT2D eigenvalue weighted by Gasteiger charge is 2.49. The van der Waals surface area contributed by atoms with E-state index < -0.39 is 44.8 Å². The number of nitrogens with zero attached hydrogens (tertiary/aromatic N) is 2. The van der Waals surface area contributed by atoms with E-state index >= 15 is 0 Å². The number of nitrogens with one attached hydrogen (secondary N) is 2. The quantitative estimate of drug-likeness (QED) is 0.187. The number of rotatable bonds is 6. The van der Waals surface area contributed by atoms with Gasteiger partial charge in [0.1, 0.15) is 11.6 Å². The highest BCUT2D eigenvalue weighted by atomic mass is 32.2. The lowest BCUT2D eigenvalue weighted by Gasteiger charge is -2.26. The number of pyridine rings is 1. The van der Waals surface area contributed by atoms with Crippen molar-refractivity contribution in [1.82, 2.24) is 4.98 Å². The number of hydrogen-bond donors (Lipinski definition) is 2. The number of carbonyl (C=O) groups is 1. The lowest BCUT2D eigenvalue weighted by molar-refractivity contribution is -0.137. The summed E-state index contributed by atoms with van der Waals surface area (Å²) in [6.07, 6.45) is -2.44. The van der Waals surface area contributed by atoms with E-state index in [-0.39, 0.29) is 34.1 Å². The van der Waals surface area contributed by atoms with Crippen LogP contribution < -0.4 is 14.8 Å². The molecule has 15 heteroatoms. The number of benzene rings is 2. The van der Waals surface area contributed by atoms with Crippen LogP contribution in [0.2, 0.25) is 0 Å². The van der Waals surface area contributed by atoms with Gasteiger partial charge in [-0.05, 0) is 54.8 Å². The van der Waals surface area contributed by atoms with E-state index in [9.17, 15) is 44.8 Å². The van der Waals surface area contributed by atoms with Crippen molar-refractivity contribution >= 4 is 27.5 Å². The third kappa shape index (κ3) is 6.28. The van der Waals surface area contributed by atoms with Gasteiger partial charge in [0.05, 0.1) is 5.56 Å². The first-order valence-corrected chi connectivity index (χ1v) is 12.9. The smallest absolute Gasteiger partial charge is 0.354 e. The second kappa shape index (κ2) is 10.7. The summed E-state index contributed by atoms with van der Waals surface area (Å²) in [5, 5.41) is 14.4. The highest BCUT2D eigenvalue weighted by molar-refractivity contribution is 7.88. The monoisotopic (exact) mass is 584 g/mol. The average Bonchev–Trinajstić information content (AvgIpc) is 2.82. The molecule has 1 aromatic heterocycles. The molecular weight excluding hydrogens is 566 g/mol. The summed E-state index contributed by atoms with van der Waals surface area (Å²) >= 11 is 0. The molecule has 2 amide bonds. The van der Waals surface area contributed by atoms with Crippen LogP contribution in [0.5, 0.6) is 5.88 Å². The van der Waals surface area contributed by atoms with Gasteiger partial charge in [-0.1, -0.05) is 24.6 Å². The number of amides is 2. The SMILES string of the molecule is N#Cc1c(-c2ccc(NC(=O)Nc3cccc(C(F)(F)F)c3)cc2)cc(C2CCC2)nc1OS(=O)(=O)C(F)(F)F. The number of anilines is 2. The first-order valence-electron chi connectivity index (χ1n) is 11.5. The average molecular weight is 584 g/mol. The van der Waals surface area contributed by atoms with Crippen LogP contribution in [0.4, 0.5) is 42.5 Å². The fraction of sp³-hybridized carbons (Fsp3) is 0.240. The van der Waals surface area contributed by atoms with Crippen molar-refractivity contribution in [3.05, 3.63) is 71.4 Å². The molecule has 0 radical (unpaired) electrons. The zero-order valence-corrected chi connectivity index (χ0v) is 20.9. The number of carbonyl (C=O) groups excluding carboxylic acids is 1. The van der Waals surface area contributed by atoms with Gasteiger partial charge in [-0.3, -0.25) is 0 Å². The molecule has 0 bridgehead atoms. The Morgan fingerprint density at radius 3 is 2.17 bits per heavy atom. The van der Waals surface area contributed by atoms with Crippen LogP contribution in [0.1, 0.15) is 42.0 Å². The Bertz CT molecular complexity index is 1580. The Morgan fingerprint density at radius 1 is 0.975 bits per heavy atom. The van der Waals surface area contributed by atoms with Crippen LogP contribution in [0, 0.1) is 11.3 Å². The summed E-state index contributed by atoms with van der Waals surface area (Å²) in [5.74, 6) is -1.16. The summed E-state index contributed by atoms with van der Waals surface area (Å²) in [5.41, 5.74) is -6.55. The molecule has 8 nitrogen and oxygen atoms in total. The van der Waals surface area contributed by atoms with Crippen LogP contribution in [-0.4, -0.2) is 24.9 Å². The number of nitriles is 1. The molecule has 3 aromatic rings. The van der Waals surface area contributed by atoms with Gasteiger partial charge in [-0.2, -0.15) is 40.0 Å². The van der Waals surface area contributed by atoms with E-state index in [2.05, 4.69) is 19.8 Å². The third-order valence-electron chi connectivity index (χ3n) is 6.01. The fourth-order valence-corrected chi connectivity index (χ4v) is 4.22. The molecule has 4 rings (SSSR count). The molecule has 0 aliphatic heterocycles. The molecule has 0 atom stereocenters. The number of urea groups is 1. The number of hydrogen-bond acceptors (Lipinski definition) is 6. The molecule has 0 unspecified atom stereocenters. The molecule has 2 aromatic carbocycles. The van der Waals surface area contributed by atoms with E-state index in [4.69, 9.17) is 0 Å². The van der Waals surface area contributed by atoms with Gasteiger partial charge in [0.2, 0.25) is 0 Å². The zero-order valence-electron chi connectivity index (χ0n) is 20.1. The standard InChI is InChI=1S/C25H18F6N4O4S/c26-24(27,28)16-5-2-6-18(11-16)34-23(36)33-17-9-7-14(8-10-17)19-12-21(15-3-1-4-15)35-22(20(19)13-32)39-40(37,38)25(29,30)31/h2,5-12,15H,1,3-4H2,(H2,33,34,36). The molecule has 210 valence electrons. The highest BCUT2D eigenvalue weighted by Crippen LogP contribution is 2.41. The second-order valence-electron chi connectivity index (χ2n) is 8.73. The Balaban J connectivity index is 1.60. The van der Waals surface area contributed by atoms with Crippen LogP contribution in [0.3, 0.4) is 0 Å². The molecule has 1 heterocycles. The Labute approximate surface area is 223 Å². The Morgan fingerprint density at radius 2 is 1.62 bits per heavy atom. The van der Waals surface area contributed by atoms with Crippen molar-refractivity contribution in [2.75, 3.05) is 10.6 Å². The molecular formula is C25H18F6N4O4S. The minimum Gasteiger partial charge on any atom is -0.354 e. The molecule has 0 spiro atoms. The molecule has 1 fully saturated rings. The van der Waals surface area contributed by atoms with E-state index in [1.165, 1.54) is 36.4 Å². The summed E-state index contributed by atoms with van der Waals surface area (Å²) < 4.78 is 105. The summed E-state index contributed by atoms with van der Waals surface area (Å²) in [6.45, 7) is 0. The van der Waals surface area contributed by atoms with E-state index in [0.29, 0.717) is 12.8 Å². The summed E-state index contributed by atoms with van der Waals surface area (Å²) in [4.78, 5) is 16.2. The first-order chi connectivity index (χ1) is 18.7. The van der Waals surface area contributed by atoms with Gasteiger partial charge in [-0.25, -0.2) is 9.78 Å². The van der Waals surface area contributed by atoms with Crippen LogP contribution >= 0.6 is 0 Å². The maximum absolute atomic E-state index is 13.0. The van der Waals surface area contributed by atoms with Gasteiger partial charge in [0, 0.05) is 28.6 Å². The maximum Gasteiger partial charge on any atom is 0.534 e. The van der Waals surface area contributed by atoms with E-state index in [1.54, 1.807) is 6.07 Å². The van der Waals surface area contributed by atoms with Crippen molar-refractivity contribution in [2.24, 2.45) is 0 Å². The summed E-state index contributed by atoms with van der Waals surface area (Å²) in [6, 6.07) is 11.8. The fourth-order valence-electron chi connectivity index (χ4n) is 3.80. The van der Waals surface area contributed by atoms with Crippen LogP contribution in [-0.2, 0) is 16.3 Å². The first kappa shape index (κ1) is 28.7. The van der Waals surface area contributed by atoms with Crippen molar-refractivity contribution in [3.63, 3.8) is 0 Å². The van der Waals surface area contributed by atoms with Crippen molar-refractivity contribution in [1.29, 1.82) is 5.26 Å². The van der Waals surface area contributed by atoms with E-state index in [1.807, 2.05) is 0 Å². The minimum atomic E-state index is -6.10. The van der Waals surface area contributed by atoms with Gasteiger partial charge in [-0.15, -0.1) is 0 Å². The van der Waals surface area contributed by atoms with Gasteiger partial charge in [0.15, 0.2) is 0 Å². The van der Waals surface area contributed by atoms with Crippen molar-refractivity contribution < 1.29 is 43.7 Å². The minimum absolute atomic E-state index is 0.0618. The Kier molecular flexibility index (Phi) is 7.66.